The second-order valence-electron chi connectivity index (χ2n) is 4.92. The molecule has 0 atom stereocenters. The highest BCUT2D eigenvalue weighted by atomic mass is 32.2. The summed E-state index contributed by atoms with van der Waals surface area (Å²) in [6.45, 7) is 4.77. The molecule has 1 fully saturated rings. The van der Waals surface area contributed by atoms with Gasteiger partial charge in [0.05, 0.1) is 6.10 Å². The van der Waals surface area contributed by atoms with Crippen molar-refractivity contribution in [3.8, 4) is 6.01 Å². The Morgan fingerprint density at radius 1 is 1.26 bits per heavy atom. The third-order valence-corrected chi connectivity index (χ3v) is 4.41. The van der Waals surface area contributed by atoms with Crippen molar-refractivity contribution in [1.29, 1.82) is 0 Å². The molecular formula is C12H21N5OS. The Hall–Kier alpha value is -1.24. The smallest absolute Gasteiger partial charge is 0.323 e. The molecule has 0 amide bonds. The van der Waals surface area contributed by atoms with Crippen molar-refractivity contribution in [2.45, 2.75) is 37.5 Å². The molecular weight excluding hydrogens is 262 g/mol. The first-order chi connectivity index (χ1) is 9.07. The largest absolute Gasteiger partial charge is 0.461 e. The lowest BCUT2D eigenvalue weighted by Gasteiger charge is -2.14. The minimum atomic E-state index is 0.0425. The number of thioether (sulfide) groups is 1. The van der Waals surface area contributed by atoms with Gasteiger partial charge in [0.25, 0.3) is 0 Å². The summed E-state index contributed by atoms with van der Waals surface area (Å²) < 4.78 is 5.89. The Kier molecular flexibility index (Phi) is 4.34. The molecule has 1 saturated carbocycles. The lowest BCUT2D eigenvalue weighted by atomic mass is 10.4. The molecule has 2 N–H and O–H groups in total. The van der Waals surface area contributed by atoms with Crippen LogP contribution in [0.1, 0.15) is 26.7 Å². The molecule has 1 aromatic rings. The van der Waals surface area contributed by atoms with Gasteiger partial charge in [0, 0.05) is 18.3 Å². The fraction of sp³-hybridized carbons (Fsp3) is 0.750. The van der Waals surface area contributed by atoms with Crippen LogP contribution in [0.3, 0.4) is 0 Å². The summed E-state index contributed by atoms with van der Waals surface area (Å²) in [5, 5.41) is 6.20. The molecule has 0 aromatic carbocycles. The molecule has 1 heterocycles. The number of anilines is 2. The fourth-order valence-corrected chi connectivity index (χ4v) is 2.37. The monoisotopic (exact) mass is 283 g/mol. The SMILES string of the molecule is CNc1nc(NCC2(SC)CC2)nc(OC(C)C)n1. The molecule has 0 aliphatic heterocycles. The van der Waals surface area contributed by atoms with E-state index in [2.05, 4.69) is 31.8 Å². The van der Waals surface area contributed by atoms with Gasteiger partial charge in [0.15, 0.2) is 0 Å². The molecule has 19 heavy (non-hydrogen) atoms. The van der Waals surface area contributed by atoms with Crippen molar-refractivity contribution in [3.63, 3.8) is 0 Å². The average Bonchev–Trinajstić information content (AvgIpc) is 3.16. The van der Waals surface area contributed by atoms with Crippen molar-refractivity contribution in [3.05, 3.63) is 0 Å². The van der Waals surface area contributed by atoms with Gasteiger partial charge in [-0.15, -0.1) is 0 Å². The summed E-state index contributed by atoms with van der Waals surface area (Å²) in [6.07, 6.45) is 4.69. The molecule has 0 saturated heterocycles. The van der Waals surface area contributed by atoms with Gasteiger partial charge in [-0.05, 0) is 32.9 Å². The maximum Gasteiger partial charge on any atom is 0.323 e. The topological polar surface area (TPSA) is 72.0 Å². The van der Waals surface area contributed by atoms with Crippen LogP contribution in [-0.4, -0.2) is 45.7 Å². The summed E-state index contributed by atoms with van der Waals surface area (Å²) >= 11 is 1.90. The van der Waals surface area contributed by atoms with Gasteiger partial charge in [-0.3, -0.25) is 0 Å². The van der Waals surface area contributed by atoms with E-state index in [0.717, 1.165) is 6.54 Å². The van der Waals surface area contributed by atoms with Gasteiger partial charge in [0.1, 0.15) is 0 Å². The van der Waals surface area contributed by atoms with Crippen LogP contribution in [0.2, 0.25) is 0 Å². The second kappa shape index (κ2) is 5.81. The number of aromatic nitrogens is 3. The number of rotatable bonds is 7. The van der Waals surface area contributed by atoms with Gasteiger partial charge in [-0.25, -0.2) is 0 Å². The number of ether oxygens (including phenoxy) is 1. The number of nitrogens with one attached hydrogen (secondary N) is 2. The zero-order chi connectivity index (χ0) is 13.9. The van der Waals surface area contributed by atoms with E-state index in [-0.39, 0.29) is 6.10 Å². The van der Waals surface area contributed by atoms with Crippen molar-refractivity contribution in [2.24, 2.45) is 0 Å². The van der Waals surface area contributed by atoms with Gasteiger partial charge < -0.3 is 15.4 Å². The van der Waals surface area contributed by atoms with E-state index in [1.54, 1.807) is 7.05 Å². The molecule has 6 nitrogen and oxygen atoms in total. The zero-order valence-corrected chi connectivity index (χ0v) is 12.7. The van der Waals surface area contributed by atoms with Gasteiger partial charge in [-0.2, -0.15) is 26.7 Å². The molecule has 0 radical (unpaired) electrons. The van der Waals surface area contributed by atoms with Crippen LogP contribution < -0.4 is 15.4 Å². The van der Waals surface area contributed by atoms with Crippen LogP contribution in [0.4, 0.5) is 11.9 Å². The lowest BCUT2D eigenvalue weighted by Crippen LogP contribution is -2.20. The summed E-state index contributed by atoms with van der Waals surface area (Å²) in [4.78, 5) is 12.7. The Morgan fingerprint density at radius 2 is 1.95 bits per heavy atom. The lowest BCUT2D eigenvalue weighted by molar-refractivity contribution is 0.222. The van der Waals surface area contributed by atoms with Crippen molar-refractivity contribution < 1.29 is 4.74 Å². The Labute approximate surface area is 118 Å². The van der Waals surface area contributed by atoms with Crippen LogP contribution in [0.15, 0.2) is 0 Å². The van der Waals surface area contributed by atoms with Crippen LogP contribution in [0.5, 0.6) is 6.01 Å². The highest BCUT2D eigenvalue weighted by Gasteiger charge is 2.41. The Balaban J connectivity index is 2.06. The third kappa shape index (κ3) is 3.86. The first-order valence-electron chi connectivity index (χ1n) is 6.46. The van der Waals surface area contributed by atoms with Crippen LogP contribution >= 0.6 is 11.8 Å². The highest BCUT2D eigenvalue weighted by molar-refractivity contribution is 8.00. The molecule has 2 rings (SSSR count). The maximum atomic E-state index is 5.52. The summed E-state index contributed by atoms with van der Waals surface area (Å²) in [7, 11) is 1.78. The molecule has 0 unspecified atom stereocenters. The van der Waals surface area contributed by atoms with Crippen LogP contribution in [-0.2, 0) is 0 Å². The molecule has 0 spiro atoms. The highest BCUT2D eigenvalue weighted by Crippen LogP contribution is 2.46. The normalized spacial score (nSPS) is 16.3. The first kappa shape index (κ1) is 14.2. The second-order valence-corrected chi connectivity index (χ2v) is 6.20. The Morgan fingerprint density at radius 3 is 2.47 bits per heavy atom. The average molecular weight is 283 g/mol. The van der Waals surface area contributed by atoms with E-state index >= 15 is 0 Å². The van der Waals surface area contributed by atoms with Crippen LogP contribution in [0.25, 0.3) is 0 Å². The van der Waals surface area contributed by atoms with E-state index in [1.165, 1.54) is 12.8 Å². The summed E-state index contributed by atoms with van der Waals surface area (Å²) in [5.41, 5.74) is 0. The summed E-state index contributed by atoms with van der Waals surface area (Å²) in [6, 6.07) is 0.353. The molecule has 7 heteroatoms. The molecule has 1 aliphatic rings. The predicted octanol–water partition coefficient (Wildman–Crippen LogP) is 2.01. The molecule has 1 aromatic heterocycles. The Bertz CT molecular complexity index is 436. The van der Waals surface area contributed by atoms with E-state index in [0.29, 0.717) is 22.7 Å². The van der Waals surface area contributed by atoms with E-state index in [4.69, 9.17) is 4.74 Å². The minimum Gasteiger partial charge on any atom is -0.461 e. The standard InChI is InChI=1S/C12H21N5OS/c1-8(2)18-11-16-9(13-3)15-10(17-11)14-7-12(19-4)5-6-12/h8H,5-7H2,1-4H3,(H2,13,14,15,16,17). The van der Waals surface area contributed by atoms with Crippen molar-refractivity contribution in [2.75, 3.05) is 30.5 Å². The predicted molar refractivity (Wildman–Crippen MR) is 79.1 cm³/mol. The first-order valence-corrected chi connectivity index (χ1v) is 7.69. The third-order valence-electron chi connectivity index (χ3n) is 2.99. The van der Waals surface area contributed by atoms with E-state index in [9.17, 15) is 0 Å². The van der Waals surface area contributed by atoms with Gasteiger partial charge in [0.2, 0.25) is 11.9 Å². The molecule has 0 bridgehead atoms. The van der Waals surface area contributed by atoms with Crippen molar-refractivity contribution in [1.82, 2.24) is 15.0 Å². The number of hydrogen-bond acceptors (Lipinski definition) is 7. The fourth-order valence-electron chi connectivity index (χ4n) is 1.64. The van der Waals surface area contributed by atoms with Crippen LogP contribution in [0, 0.1) is 0 Å². The van der Waals surface area contributed by atoms with Gasteiger partial charge >= 0.3 is 6.01 Å². The molecule has 1 aliphatic carbocycles. The maximum absolute atomic E-state index is 5.52. The van der Waals surface area contributed by atoms with E-state index in [1.807, 2.05) is 25.6 Å². The van der Waals surface area contributed by atoms with Gasteiger partial charge in [-0.1, -0.05) is 0 Å². The minimum absolute atomic E-state index is 0.0425. The zero-order valence-electron chi connectivity index (χ0n) is 11.9. The summed E-state index contributed by atoms with van der Waals surface area (Å²) in [5.74, 6) is 1.08. The molecule has 106 valence electrons. The van der Waals surface area contributed by atoms with E-state index < -0.39 is 0 Å². The number of hydrogen-bond donors (Lipinski definition) is 2. The number of nitrogens with zero attached hydrogens (tertiary/aromatic N) is 3. The quantitative estimate of drug-likeness (QED) is 0.793. The van der Waals surface area contributed by atoms with Crippen molar-refractivity contribution >= 4 is 23.7 Å².